The normalized spacial score (nSPS) is 11.1. The molecule has 5 nitrogen and oxygen atoms in total. The summed E-state index contributed by atoms with van der Waals surface area (Å²) in [6.45, 7) is 4.62. The van der Waals surface area contributed by atoms with Gasteiger partial charge >= 0.3 is 0 Å². The zero-order valence-electron chi connectivity index (χ0n) is 11.5. The number of aryl methyl sites for hydroxylation is 1. The summed E-state index contributed by atoms with van der Waals surface area (Å²) in [6.07, 6.45) is 5.21. The van der Waals surface area contributed by atoms with Gasteiger partial charge in [-0.1, -0.05) is 12.1 Å². The highest BCUT2D eigenvalue weighted by atomic mass is 15.1. The first-order valence-electron chi connectivity index (χ1n) is 6.71. The molecule has 0 saturated carbocycles. The number of rotatable bonds is 5. The number of fused-ring (bicyclic) bond motifs is 1. The Morgan fingerprint density at radius 3 is 2.80 bits per heavy atom. The van der Waals surface area contributed by atoms with E-state index in [0.717, 1.165) is 36.5 Å². The molecule has 0 fully saturated rings. The van der Waals surface area contributed by atoms with Crippen LogP contribution in [-0.2, 0) is 13.1 Å². The molecule has 3 rings (SSSR count). The SMILES string of the molecule is Cc1nc2ccccc2n1CCNCc1cncnc1. The summed E-state index contributed by atoms with van der Waals surface area (Å²) in [5, 5.41) is 3.40. The van der Waals surface area contributed by atoms with Gasteiger partial charge in [0.1, 0.15) is 12.2 Å². The van der Waals surface area contributed by atoms with Gasteiger partial charge in [0, 0.05) is 37.6 Å². The number of benzene rings is 1. The van der Waals surface area contributed by atoms with Gasteiger partial charge in [-0.3, -0.25) is 0 Å². The summed E-state index contributed by atoms with van der Waals surface area (Å²) >= 11 is 0. The van der Waals surface area contributed by atoms with Crippen molar-refractivity contribution in [1.29, 1.82) is 0 Å². The smallest absolute Gasteiger partial charge is 0.115 e. The molecule has 20 heavy (non-hydrogen) atoms. The lowest BCUT2D eigenvalue weighted by molar-refractivity contribution is 0.596. The van der Waals surface area contributed by atoms with E-state index < -0.39 is 0 Å². The zero-order chi connectivity index (χ0) is 13.8. The standard InChI is InChI=1S/C15H17N5/c1-12-19-14-4-2-3-5-15(14)20(12)7-6-16-8-13-9-17-11-18-10-13/h2-5,9-11,16H,6-8H2,1H3. The van der Waals surface area contributed by atoms with Gasteiger partial charge in [-0.05, 0) is 19.1 Å². The number of hydrogen-bond acceptors (Lipinski definition) is 4. The molecule has 0 saturated heterocycles. The second kappa shape index (κ2) is 5.79. The van der Waals surface area contributed by atoms with Crippen molar-refractivity contribution in [3.05, 3.63) is 54.4 Å². The van der Waals surface area contributed by atoms with E-state index in [9.17, 15) is 0 Å². The molecule has 0 spiro atoms. The van der Waals surface area contributed by atoms with Gasteiger partial charge in [-0.15, -0.1) is 0 Å². The zero-order valence-corrected chi connectivity index (χ0v) is 11.5. The molecular weight excluding hydrogens is 250 g/mol. The molecule has 0 bridgehead atoms. The van der Waals surface area contributed by atoms with E-state index in [1.807, 2.05) is 31.5 Å². The number of imidazole rings is 1. The fraction of sp³-hybridized carbons (Fsp3) is 0.267. The number of nitrogens with one attached hydrogen (secondary N) is 1. The molecule has 3 aromatic rings. The third kappa shape index (κ3) is 2.67. The van der Waals surface area contributed by atoms with Gasteiger partial charge in [-0.25, -0.2) is 15.0 Å². The highest BCUT2D eigenvalue weighted by Gasteiger charge is 2.05. The van der Waals surface area contributed by atoms with Crippen LogP contribution in [0.2, 0.25) is 0 Å². The van der Waals surface area contributed by atoms with Gasteiger partial charge in [0.05, 0.1) is 11.0 Å². The van der Waals surface area contributed by atoms with E-state index in [1.165, 1.54) is 5.52 Å². The highest BCUT2D eigenvalue weighted by molar-refractivity contribution is 5.75. The average Bonchev–Trinajstić information content (AvgIpc) is 2.80. The molecule has 0 amide bonds. The van der Waals surface area contributed by atoms with E-state index in [1.54, 1.807) is 6.33 Å². The second-order valence-electron chi connectivity index (χ2n) is 4.72. The van der Waals surface area contributed by atoms with Crippen molar-refractivity contribution >= 4 is 11.0 Å². The topological polar surface area (TPSA) is 55.6 Å². The third-order valence-corrected chi connectivity index (χ3v) is 3.30. The van der Waals surface area contributed by atoms with Crippen LogP contribution in [0, 0.1) is 6.92 Å². The van der Waals surface area contributed by atoms with Crippen molar-refractivity contribution in [1.82, 2.24) is 24.8 Å². The quantitative estimate of drug-likeness (QED) is 0.718. The monoisotopic (exact) mass is 267 g/mol. The summed E-state index contributed by atoms with van der Waals surface area (Å²) in [6, 6.07) is 8.23. The Kier molecular flexibility index (Phi) is 3.69. The predicted octanol–water partition coefficient (Wildman–Crippen LogP) is 1.92. The molecule has 0 aliphatic rings. The van der Waals surface area contributed by atoms with E-state index in [2.05, 4.69) is 37.0 Å². The maximum absolute atomic E-state index is 4.57. The first-order valence-corrected chi connectivity index (χ1v) is 6.71. The van der Waals surface area contributed by atoms with Gasteiger partial charge in [0.15, 0.2) is 0 Å². The van der Waals surface area contributed by atoms with Crippen LogP contribution in [0.25, 0.3) is 11.0 Å². The van der Waals surface area contributed by atoms with Crippen molar-refractivity contribution in [2.24, 2.45) is 0 Å². The van der Waals surface area contributed by atoms with Crippen LogP contribution in [-0.4, -0.2) is 26.1 Å². The largest absolute Gasteiger partial charge is 0.327 e. The summed E-state index contributed by atoms with van der Waals surface area (Å²) < 4.78 is 2.24. The van der Waals surface area contributed by atoms with E-state index in [0.29, 0.717) is 0 Å². The van der Waals surface area contributed by atoms with Gasteiger partial charge in [-0.2, -0.15) is 0 Å². The van der Waals surface area contributed by atoms with E-state index in [4.69, 9.17) is 0 Å². The highest BCUT2D eigenvalue weighted by Crippen LogP contribution is 2.14. The first kappa shape index (κ1) is 12.7. The van der Waals surface area contributed by atoms with Gasteiger partial charge in [0.25, 0.3) is 0 Å². The lowest BCUT2D eigenvalue weighted by Crippen LogP contribution is -2.20. The number of aromatic nitrogens is 4. The minimum atomic E-state index is 0.784. The third-order valence-electron chi connectivity index (χ3n) is 3.30. The second-order valence-corrected chi connectivity index (χ2v) is 4.72. The number of para-hydroxylation sites is 2. The van der Waals surface area contributed by atoms with Crippen molar-refractivity contribution < 1.29 is 0 Å². The van der Waals surface area contributed by atoms with Crippen molar-refractivity contribution in [3.63, 3.8) is 0 Å². The predicted molar refractivity (Wildman–Crippen MR) is 78.2 cm³/mol. The summed E-state index contributed by atoms with van der Waals surface area (Å²) in [5.74, 6) is 1.05. The van der Waals surface area contributed by atoms with Crippen LogP contribution in [0.1, 0.15) is 11.4 Å². The summed E-state index contributed by atoms with van der Waals surface area (Å²) in [4.78, 5) is 12.6. The molecule has 0 aliphatic heterocycles. The van der Waals surface area contributed by atoms with E-state index in [-0.39, 0.29) is 0 Å². The Labute approximate surface area is 117 Å². The van der Waals surface area contributed by atoms with Crippen molar-refractivity contribution in [3.8, 4) is 0 Å². The number of nitrogens with zero attached hydrogens (tertiary/aromatic N) is 4. The van der Waals surface area contributed by atoms with E-state index >= 15 is 0 Å². The molecule has 2 aromatic heterocycles. The molecule has 1 N–H and O–H groups in total. The fourth-order valence-electron chi connectivity index (χ4n) is 2.32. The Hall–Kier alpha value is -2.27. The molecule has 0 atom stereocenters. The maximum atomic E-state index is 4.57. The van der Waals surface area contributed by atoms with Gasteiger partial charge < -0.3 is 9.88 Å². The minimum Gasteiger partial charge on any atom is -0.327 e. The van der Waals surface area contributed by atoms with Crippen LogP contribution < -0.4 is 5.32 Å². The molecule has 0 unspecified atom stereocenters. The molecule has 5 heteroatoms. The van der Waals surface area contributed by atoms with Crippen LogP contribution in [0.5, 0.6) is 0 Å². The van der Waals surface area contributed by atoms with Gasteiger partial charge in [0.2, 0.25) is 0 Å². The fourth-order valence-corrected chi connectivity index (χ4v) is 2.32. The van der Waals surface area contributed by atoms with Crippen LogP contribution >= 0.6 is 0 Å². The first-order chi connectivity index (χ1) is 9.84. The average molecular weight is 267 g/mol. The summed E-state index contributed by atoms with van der Waals surface area (Å²) in [5.41, 5.74) is 3.34. The van der Waals surface area contributed by atoms with Crippen LogP contribution in [0.3, 0.4) is 0 Å². The van der Waals surface area contributed by atoms with Crippen LogP contribution in [0.4, 0.5) is 0 Å². The molecule has 102 valence electrons. The lowest BCUT2D eigenvalue weighted by atomic mass is 10.3. The maximum Gasteiger partial charge on any atom is 0.115 e. The Morgan fingerprint density at radius 1 is 1.15 bits per heavy atom. The lowest BCUT2D eigenvalue weighted by Gasteiger charge is -2.08. The minimum absolute atomic E-state index is 0.784. The molecule has 2 heterocycles. The Morgan fingerprint density at radius 2 is 1.95 bits per heavy atom. The molecule has 0 aliphatic carbocycles. The van der Waals surface area contributed by atoms with Crippen molar-refractivity contribution in [2.45, 2.75) is 20.0 Å². The summed E-state index contributed by atoms with van der Waals surface area (Å²) in [7, 11) is 0. The Bertz CT molecular complexity index is 690. The van der Waals surface area contributed by atoms with Crippen molar-refractivity contribution in [2.75, 3.05) is 6.54 Å². The molecular formula is C15H17N5. The molecule has 1 aromatic carbocycles. The Balaban J connectivity index is 1.61. The molecule has 0 radical (unpaired) electrons. The van der Waals surface area contributed by atoms with Crippen LogP contribution in [0.15, 0.2) is 43.0 Å². The number of hydrogen-bond donors (Lipinski definition) is 1.